The predicted octanol–water partition coefficient (Wildman–Crippen LogP) is 4.35. The van der Waals surface area contributed by atoms with Crippen LogP contribution in [0.2, 0.25) is 0 Å². The lowest BCUT2D eigenvalue weighted by Gasteiger charge is -2.24. The van der Waals surface area contributed by atoms with E-state index >= 15 is 0 Å². The van der Waals surface area contributed by atoms with E-state index in [-0.39, 0.29) is 6.04 Å². The third-order valence-electron chi connectivity index (χ3n) is 4.49. The summed E-state index contributed by atoms with van der Waals surface area (Å²) in [6, 6.07) is 8.43. The van der Waals surface area contributed by atoms with E-state index in [2.05, 4.69) is 52.9 Å². The molecule has 20 heavy (non-hydrogen) atoms. The van der Waals surface area contributed by atoms with E-state index in [1.54, 1.807) is 0 Å². The Hall–Kier alpha value is -0.380. The van der Waals surface area contributed by atoms with Crippen LogP contribution < -0.4 is 5.73 Å². The predicted molar refractivity (Wildman–Crippen MR) is 89.8 cm³/mol. The molecule has 1 aromatic carbocycles. The van der Waals surface area contributed by atoms with Gasteiger partial charge in [0.2, 0.25) is 0 Å². The quantitative estimate of drug-likeness (QED) is 0.884. The fourth-order valence-corrected chi connectivity index (χ4v) is 3.53. The standard InChI is InChI=1S/C17H27BrN2/c1-17(2)9-5-11-20(13-10-17)12-8-16(19)14-6-3-4-7-15(14)18/h3-4,6-7,16H,5,8-13,19H2,1-2H3. The minimum atomic E-state index is 0.127. The molecule has 1 aliphatic rings. The van der Waals surface area contributed by atoms with E-state index in [0.29, 0.717) is 5.41 Å². The lowest BCUT2D eigenvalue weighted by atomic mass is 9.85. The van der Waals surface area contributed by atoms with Crippen molar-refractivity contribution in [3.05, 3.63) is 34.3 Å². The summed E-state index contributed by atoms with van der Waals surface area (Å²) in [6.45, 7) is 8.34. The van der Waals surface area contributed by atoms with Crippen molar-refractivity contribution >= 4 is 15.9 Å². The van der Waals surface area contributed by atoms with Crippen molar-refractivity contribution in [2.75, 3.05) is 19.6 Å². The van der Waals surface area contributed by atoms with E-state index in [1.165, 1.54) is 37.9 Å². The molecular formula is C17H27BrN2. The van der Waals surface area contributed by atoms with Gasteiger partial charge in [0.05, 0.1) is 0 Å². The van der Waals surface area contributed by atoms with Gasteiger partial charge in [0.1, 0.15) is 0 Å². The van der Waals surface area contributed by atoms with E-state index in [0.717, 1.165) is 17.4 Å². The first-order valence-corrected chi connectivity index (χ1v) is 8.50. The summed E-state index contributed by atoms with van der Waals surface area (Å²) in [5, 5.41) is 0. The Morgan fingerprint density at radius 2 is 2.00 bits per heavy atom. The van der Waals surface area contributed by atoms with Crippen LogP contribution in [0.5, 0.6) is 0 Å². The maximum Gasteiger partial charge on any atom is 0.0318 e. The van der Waals surface area contributed by atoms with Crippen LogP contribution in [0.1, 0.15) is 51.1 Å². The molecular weight excluding hydrogens is 312 g/mol. The summed E-state index contributed by atoms with van der Waals surface area (Å²) in [6.07, 6.45) is 5.00. The highest BCUT2D eigenvalue weighted by Gasteiger charge is 2.23. The lowest BCUT2D eigenvalue weighted by Crippen LogP contribution is -2.29. The summed E-state index contributed by atoms with van der Waals surface area (Å²) >= 11 is 3.60. The van der Waals surface area contributed by atoms with Crippen LogP contribution in [0.4, 0.5) is 0 Å². The van der Waals surface area contributed by atoms with Crippen molar-refractivity contribution in [1.82, 2.24) is 4.90 Å². The maximum absolute atomic E-state index is 6.35. The first-order valence-electron chi connectivity index (χ1n) is 7.70. The molecule has 0 aliphatic carbocycles. The van der Waals surface area contributed by atoms with Crippen molar-refractivity contribution in [2.45, 2.75) is 45.6 Å². The Kier molecular flexibility index (Phi) is 5.65. The molecule has 0 aromatic heterocycles. The summed E-state index contributed by atoms with van der Waals surface area (Å²) < 4.78 is 1.13. The van der Waals surface area contributed by atoms with Crippen LogP contribution in [0.3, 0.4) is 0 Å². The van der Waals surface area contributed by atoms with Crippen LogP contribution in [0.25, 0.3) is 0 Å². The van der Waals surface area contributed by atoms with Gasteiger partial charge in [-0.1, -0.05) is 48.0 Å². The molecule has 1 aromatic rings. The second kappa shape index (κ2) is 7.06. The van der Waals surface area contributed by atoms with E-state index < -0.39 is 0 Å². The number of nitrogens with two attached hydrogens (primary N) is 1. The molecule has 2 N–H and O–H groups in total. The molecule has 1 fully saturated rings. The van der Waals surface area contributed by atoms with E-state index in [4.69, 9.17) is 5.73 Å². The number of benzene rings is 1. The maximum atomic E-state index is 6.35. The number of rotatable bonds is 4. The lowest BCUT2D eigenvalue weighted by molar-refractivity contribution is 0.254. The fraction of sp³-hybridized carbons (Fsp3) is 0.647. The molecule has 0 amide bonds. The molecule has 1 heterocycles. The van der Waals surface area contributed by atoms with Gasteiger partial charge in [0, 0.05) is 10.5 Å². The van der Waals surface area contributed by atoms with Crippen molar-refractivity contribution in [2.24, 2.45) is 11.1 Å². The molecule has 0 bridgehead atoms. The third kappa shape index (κ3) is 4.57. The van der Waals surface area contributed by atoms with E-state index in [9.17, 15) is 0 Å². The molecule has 2 nitrogen and oxygen atoms in total. The highest BCUT2D eigenvalue weighted by molar-refractivity contribution is 9.10. The Balaban J connectivity index is 1.84. The zero-order valence-corrected chi connectivity index (χ0v) is 14.3. The Morgan fingerprint density at radius 3 is 2.75 bits per heavy atom. The average Bonchev–Trinajstić information content (AvgIpc) is 2.57. The summed E-state index contributed by atoms with van der Waals surface area (Å²) in [7, 11) is 0. The normalized spacial score (nSPS) is 21.4. The molecule has 112 valence electrons. The third-order valence-corrected chi connectivity index (χ3v) is 5.22. The van der Waals surface area contributed by atoms with Gasteiger partial charge in [0.15, 0.2) is 0 Å². The first-order chi connectivity index (χ1) is 9.48. The molecule has 1 atom stereocenters. The zero-order valence-electron chi connectivity index (χ0n) is 12.7. The van der Waals surface area contributed by atoms with Gasteiger partial charge in [-0.2, -0.15) is 0 Å². The van der Waals surface area contributed by atoms with Gasteiger partial charge in [-0.25, -0.2) is 0 Å². The molecule has 0 radical (unpaired) electrons. The van der Waals surface area contributed by atoms with Crippen LogP contribution in [0, 0.1) is 5.41 Å². The fourth-order valence-electron chi connectivity index (χ4n) is 2.96. The minimum absolute atomic E-state index is 0.127. The molecule has 1 aliphatic heterocycles. The molecule has 1 saturated heterocycles. The first kappa shape index (κ1) is 16.0. The number of nitrogens with zero attached hydrogens (tertiary/aromatic N) is 1. The Labute approximate surface area is 131 Å². The van der Waals surface area contributed by atoms with Gasteiger partial charge < -0.3 is 10.6 Å². The SMILES string of the molecule is CC1(C)CCCN(CCC(N)c2ccccc2Br)CC1. The van der Waals surface area contributed by atoms with Gasteiger partial charge in [-0.3, -0.25) is 0 Å². The van der Waals surface area contributed by atoms with Gasteiger partial charge >= 0.3 is 0 Å². The monoisotopic (exact) mass is 338 g/mol. The second-order valence-electron chi connectivity index (χ2n) is 6.78. The largest absolute Gasteiger partial charge is 0.324 e. The number of hydrogen-bond acceptors (Lipinski definition) is 2. The Bertz CT molecular complexity index is 431. The molecule has 3 heteroatoms. The van der Waals surface area contributed by atoms with Crippen molar-refractivity contribution in [3.63, 3.8) is 0 Å². The summed E-state index contributed by atoms with van der Waals surface area (Å²) in [5.41, 5.74) is 8.09. The van der Waals surface area contributed by atoms with Gasteiger partial charge in [0.25, 0.3) is 0 Å². The topological polar surface area (TPSA) is 29.3 Å². The summed E-state index contributed by atoms with van der Waals surface area (Å²) in [5.74, 6) is 0. The number of halogens is 1. The van der Waals surface area contributed by atoms with Crippen LogP contribution in [-0.2, 0) is 0 Å². The highest BCUT2D eigenvalue weighted by Crippen LogP contribution is 2.30. The number of hydrogen-bond donors (Lipinski definition) is 1. The van der Waals surface area contributed by atoms with Gasteiger partial charge in [-0.05, 0) is 62.4 Å². The number of likely N-dealkylation sites (tertiary alicyclic amines) is 1. The molecule has 0 saturated carbocycles. The molecule has 0 spiro atoms. The molecule has 2 rings (SSSR count). The van der Waals surface area contributed by atoms with Crippen LogP contribution >= 0.6 is 15.9 Å². The van der Waals surface area contributed by atoms with Crippen molar-refractivity contribution < 1.29 is 0 Å². The average molecular weight is 339 g/mol. The molecule has 1 unspecified atom stereocenters. The second-order valence-corrected chi connectivity index (χ2v) is 7.63. The van der Waals surface area contributed by atoms with Crippen LogP contribution in [0.15, 0.2) is 28.7 Å². The minimum Gasteiger partial charge on any atom is -0.324 e. The highest BCUT2D eigenvalue weighted by atomic mass is 79.9. The van der Waals surface area contributed by atoms with Crippen LogP contribution in [-0.4, -0.2) is 24.5 Å². The zero-order chi connectivity index (χ0) is 14.6. The summed E-state index contributed by atoms with van der Waals surface area (Å²) in [4.78, 5) is 2.59. The van der Waals surface area contributed by atoms with Crippen molar-refractivity contribution in [1.29, 1.82) is 0 Å². The smallest absolute Gasteiger partial charge is 0.0318 e. The Morgan fingerprint density at radius 1 is 1.25 bits per heavy atom. The van der Waals surface area contributed by atoms with Crippen molar-refractivity contribution in [3.8, 4) is 0 Å². The van der Waals surface area contributed by atoms with Gasteiger partial charge in [-0.15, -0.1) is 0 Å². The van der Waals surface area contributed by atoms with E-state index in [1.807, 2.05) is 6.07 Å².